The molecular weight excluding hydrogens is 331 g/mol. The third-order valence-electron chi connectivity index (χ3n) is 3.14. The van der Waals surface area contributed by atoms with Crippen LogP contribution in [0.2, 0.25) is 0 Å². The van der Waals surface area contributed by atoms with Crippen LogP contribution in [0.1, 0.15) is 47.4 Å². The van der Waals surface area contributed by atoms with E-state index in [0.717, 1.165) is 6.61 Å². The van der Waals surface area contributed by atoms with Crippen molar-refractivity contribution in [2.24, 2.45) is 5.92 Å². The van der Waals surface area contributed by atoms with Crippen molar-refractivity contribution in [3.63, 3.8) is 0 Å². The Morgan fingerprint density at radius 1 is 0.957 bits per heavy atom. The SMILES string of the molecule is CCCCC(C)COCCOCCOCCCCS(=O)(=O)O.[H-].[Na+]. The monoisotopic (exact) mass is 364 g/mol. The summed E-state index contributed by atoms with van der Waals surface area (Å²) in [5.41, 5.74) is 0. The summed E-state index contributed by atoms with van der Waals surface area (Å²) >= 11 is 0. The fourth-order valence-corrected chi connectivity index (χ4v) is 2.42. The first kappa shape index (κ1) is 26.0. The normalized spacial score (nSPS) is 12.8. The Kier molecular flexibility index (Phi) is 19.9. The summed E-state index contributed by atoms with van der Waals surface area (Å²) in [5, 5.41) is 0. The first-order chi connectivity index (χ1) is 10.5. The molecule has 1 atom stereocenters. The van der Waals surface area contributed by atoms with Crippen LogP contribution in [0.15, 0.2) is 0 Å². The van der Waals surface area contributed by atoms with Crippen molar-refractivity contribution in [1.82, 2.24) is 0 Å². The maximum Gasteiger partial charge on any atom is 1.00 e. The van der Waals surface area contributed by atoms with Crippen molar-refractivity contribution in [2.75, 3.05) is 45.4 Å². The molecule has 0 heterocycles. The van der Waals surface area contributed by atoms with Crippen molar-refractivity contribution in [3.8, 4) is 0 Å². The zero-order valence-corrected chi connectivity index (χ0v) is 17.8. The summed E-state index contributed by atoms with van der Waals surface area (Å²) in [6.45, 7) is 7.81. The molecule has 0 aliphatic heterocycles. The van der Waals surface area contributed by atoms with Crippen LogP contribution in [0.3, 0.4) is 0 Å². The average molecular weight is 364 g/mol. The minimum Gasteiger partial charge on any atom is -1.00 e. The minimum atomic E-state index is -3.84. The fraction of sp³-hybridized carbons (Fsp3) is 1.00. The zero-order chi connectivity index (χ0) is 16.7. The van der Waals surface area contributed by atoms with Gasteiger partial charge in [0.2, 0.25) is 0 Å². The second-order valence-electron chi connectivity index (χ2n) is 5.54. The zero-order valence-electron chi connectivity index (χ0n) is 16.0. The number of hydrogen-bond acceptors (Lipinski definition) is 5. The van der Waals surface area contributed by atoms with Gasteiger partial charge in [-0.25, -0.2) is 0 Å². The van der Waals surface area contributed by atoms with Crippen molar-refractivity contribution in [3.05, 3.63) is 0 Å². The van der Waals surface area contributed by atoms with E-state index in [1.165, 1.54) is 19.3 Å². The Bertz CT molecular complexity index is 343. The second-order valence-corrected chi connectivity index (χ2v) is 7.11. The third kappa shape index (κ3) is 22.8. The van der Waals surface area contributed by atoms with Gasteiger partial charge in [-0.2, -0.15) is 8.42 Å². The quantitative estimate of drug-likeness (QED) is 0.229. The van der Waals surface area contributed by atoms with Gasteiger partial charge in [0.1, 0.15) is 0 Å². The second kappa shape index (κ2) is 17.6. The minimum absolute atomic E-state index is 0. The van der Waals surface area contributed by atoms with E-state index in [2.05, 4.69) is 13.8 Å². The summed E-state index contributed by atoms with van der Waals surface area (Å²) in [5.74, 6) is 0.395. The molecule has 0 radical (unpaired) electrons. The van der Waals surface area contributed by atoms with Crippen LogP contribution in [-0.2, 0) is 24.3 Å². The Balaban J connectivity index is -0.00000220. The van der Waals surface area contributed by atoms with Gasteiger partial charge in [0.25, 0.3) is 10.1 Å². The molecule has 0 aromatic carbocycles. The maximum atomic E-state index is 10.5. The molecule has 8 heteroatoms. The average Bonchev–Trinajstić information content (AvgIpc) is 2.45. The van der Waals surface area contributed by atoms with E-state index in [9.17, 15) is 8.42 Å². The van der Waals surface area contributed by atoms with E-state index in [-0.39, 0.29) is 36.7 Å². The Morgan fingerprint density at radius 2 is 1.52 bits per heavy atom. The largest absolute Gasteiger partial charge is 1.00 e. The van der Waals surface area contributed by atoms with Gasteiger partial charge in [0, 0.05) is 13.2 Å². The summed E-state index contributed by atoms with van der Waals surface area (Å²) in [4.78, 5) is 0. The summed E-state index contributed by atoms with van der Waals surface area (Å²) < 4.78 is 45.7. The Hall–Kier alpha value is 0.790. The first-order valence-electron chi connectivity index (χ1n) is 8.14. The van der Waals surface area contributed by atoms with Gasteiger partial charge in [-0.1, -0.05) is 26.7 Å². The number of ether oxygens (including phenoxy) is 3. The van der Waals surface area contributed by atoms with Crippen LogP contribution in [0.5, 0.6) is 0 Å². The molecule has 0 aliphatic carbocycles. The molecule has 23 heavy (non-hydrogen) atoms. The van der Waals surface area contributed by atoms with Gasteiger partial charge in [0.15, 0.2) is 0 Å². The van der Waals surface area contributed by atoms with Gasteiger partial charge < -0.3 is 15.6 Å². The van der Waals surface area contributed by atoms with Crippen LogP contribution in [0.25, 0.3) is 0 Å². The molecule has 0 amide bonds. The van der Waals surface area contributed by atoms with E-state index in [1.807, 2.05) is 0 Å². The van der Waals surface area contributed by atoms with Gasteiger partial charge in [0.05, 0.1) is 32.2 Å². The van der Waals surface area contributed by atoms with Crippen molar-refractivity contribution >= 4 is 10.1 Å². The van der Waals surface area contributed by atoms with Crippen LogP contribution in [0, 0.1) is 5.92 Å². The van der Waals surface area contributed by atoms with E-state index in [0.29, 0.717) is 51.8 Å². The molecule has 0 fully saturated rings. The van der Waals surface area contributed by atoms with Crippen LogP contribution in [-0.4, -0.2) is 58.4 Å². The maximum absolute atomic E-state index is 10.5. The molecule has 0 bridgehead atoms. The van der Waals surface area contributed by atoms with Crippen molar-refractivity contribution in [2.45, 2.75) is 46.0 Å². The molecule has 0 saturated carbocycles. The third-order valence-corrected chi connectivity index (χ3v) is 3.94. The molecule has 6 nitrogen and oxygen atoms in total. The summed E-state index contributed by atoms with van der Waals surface area (Å²) in [6.07, 6.45) is 4.71. The van der Waals surface area contributed by atoms with Crippen LogP contribution < -0.4 is 29.6 Å². The smallest absolute Gasteiger partial charge is 1.00 e. The molecular formula is C15H33NaO6S. The molecule has 0 aromatic rings. The van der Waals surface area contributed by atoms with Gasteiger partial charge in [-0.3, -0.25) is 4.55 Å². The predicted molar refractivity (Wildman–Crippen MR) is 87.9 cm³/mol. The predicted octanol–water partition coefficient (Wildman–Crippen LogP) is -0.353. The Labute approximate surface area is 165 Å². The van der Waals surface area contributed by atoms with Crippen molar-refractivity contribution in [1.29, 1.82) is 0 Å². The molecule has 0 aliphatic rings. The summed E-state index contributed by atoms with van der Waals surface area (Å²) in [6, 6.07) is 0. The molecule has 1 unspecified atom stereocenters. The van der Waals surface area contributed by atoms with E-state index in [1.54, 1.807) is 0 Å². The number of hydrogen-bond donors (Lipinski definition) is 1. The number of rotatable bonds is 16. The first-order valence-corrected chi connectivity index (χ1v) is 9.75. The molecule has 0 aromatic heterocycles. The van der Waals surface area contributed by atoms with Gasteiger partial charge in [-0.15, -0.1) is 0 Å². The molecule has 136 valence electrons. The van der Waals surface area contributed by atoms with Crippen molar-refractivity contribution < 1.29 is 58.2 Å². The molecule has 1 N–H and O–H groups in total. The standard InChI is InChI=1S/C15H32O6S.Na.H/c1-3-4-7-15(2)14-21-12-11-20-10-9-19-8-5-6-13-22(16,17)18;;/h15H,3-14H2,1-2H3,(H,16,17,18);;/q;+1;-1. The molecule has 0 spiro atoms. The van der Waals surface area contributed by atoms with Gasteiger partial charge >= 0.3 is 29.6 Å². The van der Waals surface area contributed by atoms with Crippen LogP contribution in [0.4, 0.5) is 0 Å². The van der Waals surface area contributed by atoms with E-state index in [4.69, 9.17) is 18.8 Å². The van der Waals surface area contributed by atoms with Gasteiger partial charge in [-0.05, 0) is 25.2 Å². The fourth-order valence-electron chi connectivity index (χ4n) is 1.85. The number of unbranched alkanes of at least 4 members (excludes halogenated alkanes) is 2. The van der Waals surface area contributed by atoms with E-state index < -0.39 is 10.1 Å². The van der Waals surface area contributed by atoms with E-state index >= 15 is 0 Å². The van der Waals surface area contributed by atoms with Crippen LogP contribution >= 0.6 is 0 Å². The molecule has 0 saturated heterocycles. The molecule has 0 rings (SSSR count). The summed E-state index contributed by atoms with van der Waals surface area (Å²) in [7, 11) is -3.84. The Morgan fingerprint density at radius 3 is 2.09 bits per heavy atom. The topological polar surface area (TPSA) is 82.1 Å².